The van der Waals surface area contributed by atoms with Crippen LogP contribution < -0.4 is 0 Å². The lowest BCUT2D eigenvalue weighted by molar-refractivity contribution is 1.06. The number of benzene rings is 10. The number of aromatic nitrogens is 5. The zero-order valence-corrected chi connectivity index (χ0v) is 36.9. The molecule has 68 heavy (non-hydrogen) atoms. The van der Waals surface area contributed by atoms with Crippen LogP contribution in [0.4, 0.5) is 0 Å². The van der Waals surface area contributed by atoms with Crippen molar-refractivity contribution in [2.24, 2.45) is 0 Å². The molecule has 0 saturated heterocycles. The molecule has 5 nitrogen and oxygen atoms in total. The summed E-state index contributed by atoms with van der Waals surface area (Å²) in [7, 11) is 0. The van der Waals surface area contributed by atoms with E-state index >= 15 is 0 Å². The first-order valence-corrected chi connectivity index (χ1v) is 23.0. The number of nitrogens with zero attached hydrogens (tertiary/aromatic N) is 5. The van der Waals surface area contributed by atoms with Crippen molar-refractivity contribution >= 4 is 43.6 Å². The lowest BCUT2D eigenvalue weighted by Gasteiger charge is -2.15. The minimum absolute atomic E-state index is 0.598. The van der Waals surface area contributed by atoms with Crippen LogP contribution in [0.5, 0.6) is 0 Å². The average molecular weight is 868 g/mol. The molecule has 318 valence electrons. The predicted octanol–water partition coefficient (Wildman–Crippen LogP) is 16.1. The molecule has 3 heterocycles. The smallest absolute Gasteiger partial charge is 0.166 e. The van der Waals surface area contributed by atoms with Gasteiger partial charge in [-0.2, -0.15) is 0 Å². The van der Waals surface area contributed by atoms with Crippen molar-refractivity contribution in [3.05, 3.63) is 249 Å². The monoisotopic (exact) mass is 867 g/mol. The fraction of sp³-hybridized carbons (Fsp3) is 0. The molecule has 0 aliphatic heterocycles. The average Bonchev–Trinajstić information content (AvgIpc) is 3.94. The van der Waals surface area contributed by atoms with Gasteiger partial charge in [0.1, 0.15) is 0 Å². The SMILES string of the molecule is c1ccc(-c2cccc(-c3nc(-c4ccccc4)nc(-c4ccccc4-n4c5ccccc5c5ccc(-n6c7cc(-c8ccccc8)ccc7c7c(-c8ccccc8)cccc76)cc54)n3)c2)cc1. The number of hydrogen-bond donors (Lipinski definition) is 0. The van der Waals surface area contributed by atoms with Crippen molar-refractivity contribution in [2.45, 2.75) is 0 Å². The van der Waals surface area contributed by atoms with E-state index in [1.165, 1.54) is 38.4 Å². The van der Waals surface area contributed by atoms with Crippen LogP contribution in [0.3, 0.4) is 0 Å². The van der Waals surface area contributed by atoms with Gasteiger partial charge in [0.05, 0.1) is 27.8 Å². The van der Waals surface area contributed by atoms with Crippen LogP contribution in [-0.2, 0) is 0 Å². The number of fused-ring (bicyclic) bond motifs is 6. The van der Waals surface area contributed by atoms with Crippen LogP contribution in [-0.4, -0.2) is 24.1 Å². The third kappa shape index (κ3) is 6.68. The second kappa shape index (κ2) is 16.4. The van der Waals surface area contributed by atoms with Gasteiger partial charge in [0.15, 0.2) is 17.5 Å². The molecule has 0 aliphatic carbocycles. The van der Waals surface area contributed by atoms with E-state index in [-0.39, 0.29) is 0 Å². The predicted molar refractivity (Wildman–Crippen MR) is 281 cm³/mol. The summed E-state index contributed by atoms with van der Waals surface area (Å²) in [6.07, 6.45) is 0. The highest BCUT2D eigenvalue weighted by molar-refractivity contribution is 6.17. The highest BCUT2D eigenvalue weighted by Gasteiger charge is 2.22. The second-order valence-corrected chi connectivity index (χ2v) is 17.2. The van der Waals surface area contributed by atoms with Crippen molar-refractivity contribution in [1.82, 2.24) is 24.1 Å². The van der Waals surface area contributed by atoms with E-state index < -0.39 is 0 Å². The van der Waals surface area contributed by atoms with Crippen molar-refractivity contribution in [3.63, 3.8) is 0 Å². The molecule has 3 aromatic heterocycles. The van der Waals surface area contributed by atoms with Crippen LogP contribution in [0.15, 0.2) is 249 Å². The summed E-state index contributed by atoms with van der Waals surface area (Å²) < 4.78 is 4.84. The topological polar surface area (TPSA) is 48.5 Å². The van der Waals surface area contributed by atoms with Gasteiger partial charge in [0.25, 0.3) is 0 Å². The number of rotatable bonds is 8. The lowest BCUT2D eigenvalue weighted by atomic mass is 9.98. The Morgan fingerprint density at radius 2 is 0.750 bits per heavy atom. The molecule has 0 N–H and O–H groups in total. The Morgan fingerprint density at radius 3 is 1.50 bits per heavy atom. The Balaban J connectivity index is 1.05. The maximum atomic E-state index is 5.32. The molecular formula is C63H41N5. The van der Waals surface area contributed by atoms with E-state index in [0.29, 0.717) is 17.5 Å². The van der Waals surface area contributed by atoms with E-state index in [2.05, 4.69) is 234 Å². The first kappa shape index (κ1) is 39.2. The molecule has 13 rings (SSSR count). The molecule has 5 heteroatoms. The maximum absolute atomic E-state index is 5.32. The van der Waals surface area contributed by atoms with Gasteiger partial charge >= 0.3 is 0 Å². The van der Waals surface area contributed by atoms with Crippen LogP contribution in [0.1, 0.15) is 0 Å². The Labute approximate surface area is 393 Å². The van der Waals surface area contributed by atoms with Crippen molar-refractivity contribution in [2.75, 3.05) is 0 Å². The van der Waals surface area contributed by atoms with Gasteiger partial charge in [-0.1, -0.05) is 200 Å². The first-order valence-electron chi connectivity index (χ1n) is 23.0. The highest BCUT2D eigenvalue weighted by atomic mass is 15.1. The molecular weight excluding hydrogens is 827 g/mol. The van der Waals surface area contributed by atoms with Crippen LogP contribution in [0.2, 0.25) is 0 Å². The molecule has 0 fully saturated rings. The number of hydrogen-bond acceptors (Lipinski definition) is 3. The summed E-state index contributed by atoms with van der Waals surface area (Å²) in [5.74, 6) is 1.83. The molecule has 0 unspecified atom stereocenters. The van der Waals surface area contributed by atoms with Crippen LogP contribution >= 0.6 is 0 Å². The summed E-state index contributed by atoms with van der Waals surface area (Å²) in [6.45, 7) is 0. The van der Waals surface area contributed by atoms with Crippen molar-refractivity contribution in [1.29, 1.82) is 0 Å². The number of para-hydroxylation sites is 2. The second-order valence-electron chi connectivity index (χ2n) is 17.2. The zero-order chi connectivity index (χ0) is 45.0. The van der Waals surface area contributed by atoms with Gasteiger partial charge in [0, 0.05) is 43.9 Å². The summed E-state index contributed by atoms with van der Waals surface area (Å²) in [5.41, 5.74) is 16.3. The summed E-state index contributed by atoms with van der Waals surface area (Å²) >= 11 is 0. The van der Waals surface area contributed by atoms with Crippen molar-refractivity contribution in [3.8, 4) is 78.9 Å². The van der Waals surface area contributed by atoms with Gasteiger partial charge < -0.3 is 9.13 Å². The molecule has 10 aromatic carbocycles. The molecule has 13 aromatic rings. The molecule has 0 saturated carbocycles. The van der Waals surface area contributed by atoms with E-state index in [0.717, 1.165) is 66.6 Å². The zero-order valence-electron chi connectivity index (χ0n) is 36.9. The third-order valence-corrected chi connectivity index (χ3v) is 13.2. The van der Waals surface area contributed by atoms with Gasteiger partial charge in [-0.15, -0.1) is 0 Å². The molecule has 0 radical (unpaired) electrons. The molecule has 0 aliphatic rings. The van der Waals surface area contributed by atoms with E-state index in [1.807, 2.05) is 24.3 Å². The molecule has 0 amide bonds. The highest BCUT2D eigenvalue weighted by Crippen LogP contribution is 2.42. The minimum Gasteiger partial charge on any atom is -0.309 e. The van der Waals surface area contributed by atoms with Crippen molar-refractivity contribution < 1.29 is 0 Å². The lowest BCUT2D eigenvalue weighted by Crippen LogP contribution is -2.04. The molecule has 0 bridgehead atoms. The van der Waals surface area contributed by atoms with Gasteiger partial charge in [-0.3, -0.25) is 0 Å². The molecule has 0 atom stereocenters. The third-order valence-electron chi connectivity index (χ3n) is 13.2. The normalized spacial score (nSPS) is 11.5. The maximum Gasteiger partial charge on any atom is 0.166 e. The van der Waals surface area contributed by atoms with E-state index in [4.69, 9.17) is 15.0 Å². The largest absolute Gasteiger partial charge is 0.309 e. The quantitative estimate of drug-likeness (QED) is 0.153. The molecule has 0 spiro atoms. The van der Waals surface area contributed by atoms with Crippen LogP contribution in [0.25, 0.3) is 123 Å². The first-order chi connectivity index (χ1) is 33.7. The minimum atomic E-state index is 0.598. The Bertz CT molecular complexity index is 4010. The Morgan fingerprint density at radius 1 is 0.250 bits per heavy atom. The van der Waals surface area contributed by atoms with Gasteiger partial charge in [0.2, 0.25) is 0 Å². The van der Waals surface area contributed by atoms with E-state index in [1.54, 1.807) is 0 Å². The van der Waals surface area contributed by atoms with Gasteiger partial charge in [-0.05, 0) is 81.9 Å². The van der Waals surface area contributed by atoms with Gasteiger partial charge in [-0.25, -0.2) is 15.0 Å². The standard InChI is InChI=1S/C63H41N5/c1-5-19-42(20-6-1)46-27-17-28-48(39-46)62-64-61(45-25-11-4-12-26-45)65-63(66-62)54-30-14-16-33-56(54)68-55-32-15-13-29-51(55)52-38-36-49(41-59(52)68)67-57-34-18-31-50(44-23-9-3-10-24-44)60(57)53-37-35-47(40-58(53)67)43-21-7-2-8-22-43/h1-41H. The van der Waals surface area contributed by atoms with E-state index in [9.17, 15) is 0 Å². The van der Waals surface area contributed by atoms with Crippen LogP contribution in [0, 0.1) is 0 Å². The fourth-order valence-corrected chi connectivity index (χ4v) is 10.0. The summed E-state index contributed by atoms with van der Waals surface area (Å²) in [4.78, 5) is 15.7. The summed E-state index contributed by atoms with van der Waals surface area (Å²) in [6, 6.07) is 88.3. The summed E-state index contributed by atoms with van der Waals surface area (Å²) in [5, 5.41) is 4.77. The Hall–Kier alpha value is -9.19. The Kier molecular flexibility index (Phi) is 9.43. The fourth-order valence-electron chi connectivity index (χ4n) is 10.0.